The van der Waals surface area contributed by atoms with Crippen LogP contribution in [0.5, 0.6) is 5.88 Å². The highest BCUT2D eigenvalue weighted by atomic mass is 32.1. The molecule has 182 valence electrons. The fraction of sp³-hybridized carbons (Fsp3) is 0.500. The number of hydrogen-bond acceptors (Lipinski definition) is 7. The highest BCUT2D eigenvalue weighted by molar-refractivity contribution is 7.17. The zero-order valence-corrected chi connectivity index (χ0v) is 17.7. The lowest BCUT2D eigenvalue weighted by molar-refractivity contribution is -0.326. The number of amides is 2. The fourth-order valence-electron chi connectivity index (χ4n) is 3.09. The number of alkyl halides is 6. The Labute approximate surface area is 186 Å². The van der Waals surface area contributed by atoms with Crippen LogP contribution in [0.1, 0.15) is 22.3 Å². The molecule has 0 spiro atoms. The zero-order valence-electron chi connectivity index (χ0n) is 16.9. The molecule has 3 rings (SSSR count). The Kier molecular flexibility index (Phi) is 7.21. The Morgan fingerprint density at radius 1 is 1.24 bits per heavy atom. The lowest BCUT2D eigenvalue weighted by Crippen LogP contribution is -2.32. The number of pyridine rings is 1. The van der Waals surface area contributed by atoms with Gasteiger partial charge in [-0.25, -0.2) is 9.78 Å². The van der Waals surface area contributed by atoms with Crippen molar-refractivity contribution in [2.75, 3.05) is 33.4 Å². The van der Waals surface area contributed by atoms with Gasteiger partial charge in [-0.3, -0.25) is 9.53 Å². The van der Waals surface area contributed by atoms with Crippen LogP contribution in [-0.2, 0) is 15.7 Å². The van der Waals surface area contributed by atoms with Gasteiger partial charge in [0.1, 0.15) is 12.7 Å². The summed E-state index contributed by atoms with van der Waals surface area (Å²) in [6.45, 7) is -1.47. The van der Waals surface area contributed by atoms with Gasteiger partial charge in [-0.2, -0.15) is 13.2 Å². The molecule has 2 amide bonds. The minimum Gasteiger partial charge on any atom is -0.472 e. The maximum absolute atomic E-state index is 13.6. The van der Waals surface area contributed by atoms with Crippen molar-refractivity contribution in [3.63, 3.8) is 0 Å². The average molecular weight is 501 g/mol. The van der Waals surface area contributed by atoms with Crippen molar-refractivity contribution in [2.45, 2.75) is 25.1 Å². The number of rotatable bonds is 6. The van der Waals surface area contributed by atoms with Crippen LogP contribution in [0.25, 0.3) is 10.2 Å². The van der Waals surface area contributed by atoms with Gasteiger partial charge in [0, 0.05) is 31.5 Å². The predicted molar refractivity (Wildman–Crippen MR) is 102 cm³/mol. The van der Waals surface area contributed by atoms with Crippen LogP contribution in [0, 0.1) is 0 Å². The quantitative estimate of drug-likeness (QED) is 0.479. The number of thiophene rings is 1. The number of fused-ring (bicyclic) bond motifs is 1. The van der Waals surface area contributed by atoms with Crippen LogP contribution >= 0.6 is 11.3 Å². The molecule has 1 aliphatic rings. The molecule has 0 saturated carbocycles. The molecule has 2 aromatic rings. The Bertz CT molecular complexity index is 1030. The standard InChI is InChI=1S/C18H17F6N3O5S/c1-25-15(28)10-8-33-14-11(17(19,20)21)6-12(26-13(10)14)32-9-2-3-27(7-9)16(29)30-4-5-31-18(22,23)24/h6,8-9H,2-5,7H2,1H3,(H,25,28)/t9-/m0/s1. The number of nitrogens with zero attached hydrogens (tertiary/aromatic N) is 2. The molecule has 15 heteroatoms. The fourth-order valence-corrected chi connectivity index (χ4v) is 4.11. The van der Waals surface area contributed by atoms with Gasteiger partial charge in [0.05, 0.1) is 34.5 Å². The largest absolute Gasteiger partial charge is 0.522 e. The molecule has 8 nitrogen and oxygen atoms in total. The van der Waals surface area contributed by atoms with E-state index in [9.17, 15) is 35.9 Å². The third kappa shape index (κ3) is 6.16. The first-order chi connectivity index (χ1) is 15.4. The molecule has 3 heterocycles. The summed E-state index contributed by atoms with van der Waals surface area (Å²) in [5.41, 5.74) is -1.21. The second-order valence-corrected chi connectivity index (χ2v) is 7.67. The number of halogens is 6. The van der Waals surface area contributed by atoms with Gasteiger partial charge < -0.3 is 19.7 Å². The summed E-state index contributed by atoms with van der Waals surface area (Å²) >= 11 is 0.729. The Hall–Kier alpha value is -2.81. The van der Waals surface area contributed by atoms with E-state index in [-0.39, 0.29) is 41.2 Å². The van der Waals surface area contributed by atoms with Crippen LogP contribution in [0.2, 0.25) is 0 Å². The SMILES string of the molecule is CNC(=O)c1csc2c(C(F)(F)F)cc(O[C@H]3CCN(C(=O)OCCOC(F)(F)F)C3)nc12. The topological polar surface area (TPSA) is 90.0 Å². The van der Waals surface area contributed by atoms with E-state index in [4.69, 9.17) is 4.74 Å². The maximum Gasteiger partial charge on any atom is 0.522 e. The van der Waals surface area contributed by atoms with Gasteiger partial charge in [0.15, 0.2) is 0 Å². The van der Waals surface area contributed by atoms with E-state index in [1.807, 2.05) is 0 Å². The second kappa shape index (κ2) is 9.59. The van der Waals surface area contributed by atoms with E-state index in [1.54, 1.807) is 0 Å². The highest BCUT2D eigenvalue weighted by Gasteiger charge is 2.36. The number of carbonyl (C=O) groups is 2. The van der Waals surface area contributed by atoms with Crippen LogP contribution < -0.4 is 10.1 Å². The van der Waals surface area contributed by atoms with Crippen LogP contribution in [-0.4, -0.2) is 67.7 Å². The Morgan fingerprint density at radius 2 is 1.97 bits per heavy atom. The number of carbonyl (C=O) groups excluding carboxylic acids is 2. The van der Waals surface area contributed by atoms with Gasteiger partial charge >= 0.3 is 18.6 Å². The normalized spacial score (nSPS) is 16.8. The van der Waals surface area contributed by atoms with Gasteiger partial charge in [0.25, 0.3) is 5.91 Å². The minimum absolute atomic E-state index is 0.0360. The zero-order chi connectivity index (χ0) is 24.4. The molecule has 33 heavy (non-hydrogen) atoms. The third-order valence-corrected chi connectivity index (χ3v) is 5.54. The second-order valence-electron chi connectivity index (χ2n) is 6.80. The first kappa shape index (κ1) is 24.8. The van der Waals surface area contributed by atoms with E-state index >= 15 is 0 Å². The summed E-state index contributed by atoms with van der Waals surface area (Å²) in [6, 6.07) is 0.724. The molecule has 2 aromatic heterocycles. The van der Waals surface area contributed by atoms with E-state index in [1.165, 1.54) is 12.4 Å². The Balaban J connectivity index is 1.69. The molecule has 0 unspecified atom stereocenters. The van der Waals surface area contributed by atoms with Crippen molar-refractivity contribution < 1.29 is 50.1 Å². The van der Waals surface area contributed by atoms with Crippen molar-refractivity contribution in [1.82, 2.24) is 15.2 Å². The number of aromatic nitrogens is 1. The number of likely N-dealkylation sites (tertiary alicyclic amines) is 1. The molecule has 1 atom stereocenters. The summed E-state index contributed by atoms with van der Waals surface area (Å²) in [5.74, 6) is -0.986. The predicted octanol–water partition coefficient (Wildman–Crippen LogP) is 3.80. The molecule has 0 aliphatic carbocycles. The summed E-state index contributed by atoms with van der Waals surface area (Å²) in [7, 11) is 1.33. The van der Waals surface area contributed by atoms with Gasteiger partial charge in [0.2, 0.25) is 5.88 Å². The summed E-state index contributed by atoms with van der Waals surface area (Å²) < 4.78 is 90.0. The highest BCUT2D eigenvalue weighted by Crippen LogP contribution is 2.40. The first-order valence-electron chi connectivity index (χ1n) is 9.39. The van der Waals surface area contributed by atoms with E-state index in [0.29, 0.717) is 0 Å². The minimum atomic E-state index is -4.84. The van der Waals surface area contributed by atoms with Crippen LogP contribution in [0.4, 0.5) is 31.1 Å². The molecule has 1 aliphatic heterocycles. The van der Waals surface area contributed by atoms with Crippen LogP contribution in [0.3, 0.4) is 0 Å². The third-order valence-electron chi connectivity index (χ3n) is 4.54. The Morgan fingerprint density at radius 3 is 2.61 bits per heavy atom. The summed E-state index contributed by atoms with van der Waals surface area (Å²) in [5, 5.41) is 3.60. The molecule has 1 N–H and O–H groups in total. The monoisotopic (exact) mass is 501 g/mol. The molecule has 1 fully saturated rings. The molecular weight excluding hydrogens is 484 g/mol. The lowest BCUT2D eigenvalue weighted by atomic mass is 10.2. The molecule has 1 saturated heterocycles. The summed E-state index contributed by atoms with van der Waals surface area (Å²) in [6.07, 6.45) is -11.0. The lowest BCUT2D eigenvalue weighted by Gasteiger charge is -2.18. The van der Waals surface area contributed by atoms with Crippen molar-refractivity contribution >= 4 is 33.6 Å². The van der Waals surface area contributed by atoms with Crippen molar-refractivity contribution in [2.24, 2.45) is 0 Å². The van der Waals surface area contributed by atoms with Crippen molar-refractivity contribution in [3.05, 3.63) is 22.6 Å². The van der Waals surface area contributed by atoms with E-state index in [2.05, 4.69) is 19.8 Å². The van der Waals surface area contributed by atoms with Gasteiger partial charge in [-0.1, -0.05) is 0 Å². The molecular formula is C18H17F6N3O5S. The van der Waals surface area contributed by atoms with Crippen LogP contribution in [0.15, 0.2) is 11.4 Å². The smallest absolute Gasteiger partial charge is 0.472 e. The van der Waals surface area contributed by atoms with Gasteiger partial charge in [-0.15, -0.1) is 24.5 Å². The molecule has 0 bridgehead atoms. The van der Waals surface area contributed by atoms with Crippen molar-refractivity contribution in [3.8, 4) is 5.88 Å². The number of nitrogens with one attached hydrogen (secondary N) is 1. The average Bonchev–Trinajstić information content (AvgIpc) is 3.35. The molecule has 0 aromatic carbocycles. The van der Waals surface area contributed by atoms with Gasteiger partial charge in [-0.05, 0) is 0 Å². The maximum atomic E-state index is 13.6. The first-order valence-corrected chi connectivity index (χ1v) is 10.3. The number of ether oxygens (including phenoxy) is 3. The van der Waals surface area contributed by atoms with Crippen molar-refractivity contribution in [1.29, 1.82) is 0 Å². The number of hydrogen-bond donors (Lipinski definition) is 1. The van der Waals surface area contributed by atoms with E-state index < -0.39 is 49.4 Å². The van der Waals surface area contributed by atoms with E-state index in [0.717, 1.165) is 22.3 Å². The summed E-state index contributed by atoms with van der Waals surface area (Å²) in [4.78, 5) is 29.1. The molecule has 0 radical (unpaired) electrons.